The fourth-order valence-electron chi connectivity index (χ4n) is 1.96. The van der Waals surface area contributed by atoms with E-state index in [1.165, 1.54) is 31.4 Å². The molecular weight excluding hydrogens is 337 g/mol. The van der Waals surface area contributed by atoms with E-state index in [1.807, 2.05) is 0 Å². The summed E-state index contributed by atoms with van der Waals surface area (Å²) in [5.41, 5.74) is 0.836. The Balaban J connectivity index is 2.10. The summed E-state index contributed by atoms with van der Waals surface area (Å²) in [5, 5.41) is 12.9. The molecule has 1 aromatic carbocycles. The van der Waals surface area contributed by atoms with Gasteiger partial charge in [-0.25, -0.2) is 4.39 Å². The van der Waals surface area contributed by atoms with Gasteiger partial charge < -0.3 is 15.2 Å². The summed E-state index contributed by atoms with van der Waals surface area (Å²) in [6.07, 6.45) is 4.13. The summed E-state index contributed by atoms with van der Waals surface area (Å²) >= 11 is 3.38. The highest BCUT2D eigenvalue weighted by Crippen LogP contribution is 2.17. The maximum absolute atomic E-state index is 13.1. The number of hydrogen-bond acceptors (Lipinski definition) is 3. The molecule has 21 heavy (non-hydrogen) atoms. The van der Waals surface area contributed by atoms with Crippen LogP contribution in [0, 0.1) is 5.82 Å². The van der Waals surface area contributed by atoms with Gasteiger partial charge in [-0.2, -0.15) is 0 Å². The Morgan fingerprint density at radius 2 is 2.14 bits per heavy atom. The molecule has 120 valence electrons. The van der Waals surface area contributed by atoms with Gasteiger partial charge in [-0.05, 0) is 30.2 Å². The summed E-state index contributed by atoms with van der Waals surface area (Å²) in [6.45, 7) is 4.15. The second kappa shape index (κ2) is 11.1. The van der Waals surface area contributed by atoms with E-state index < -0.39 is 6.10 Å². The zero-order chi connectivity index (χ0) is 15.5. The zero-order valence-electron chi connectivity index (χ0n) is 12.6. The van der Waals surface area contributed by atoms with Crippen LogP contribution in [0.15, 0.2) is 22.7 Å². The normalized spacial score (nSPS) is 12.6. The number of nitrogens with one attached hydrogen (secondary N) is 1. The van der Waals surface area contributed by atoms with Crippen molar-refractivity contribution in [2.45, 2.75) is 45.3 Å². The molecule has 0 aliphatic heterocycles. The van der Waals surface area contributed by atoms with Crippen LogP contribution in [0.1, 0.15) is 38.2 Å². The lowest BCUT2D eigenvalue weighted by Crippen LogP contribution is -2.30. The third kappa shape index (κ3) is 8.51. The highest BCUT2D eigenvalue weighted by molar-refractivity contribution is 9.10. The van der Waals surface area contributed by atoms with Gasteiger partial charge in [-0.3, -0.25) is 0 Å². The molecule has 0 amide bonds. The maximum atomic E-state index is 13.1. The number of aliphatic hydroxyl groups excluding tert-OH is 1. The fraction of sp³-hybridized carbons (Fsp3) is 0.625. The van der Waals surface area contributed by atoms with Crippen molar-refractivity contribution in [1.82, 2.24) is 5.32 Å². The molecule has 0 aromatic heterocycles. The molecule has 0 bridgehead atoms. The van der Waals surface area contributed by atoms with Crippen LogP contribution in [0.25, 0.3) is 0 Å². The number of hydrogen-bond donors (Lipinski definition) is 2. The van der Waals surface area contributed by atoms with Gasteiger partial charge in [0, 0.05) is 24.2 Å². The first kappa shape index (κ1) is 18.6. The van der Waals surface area contributed by atoms with Crippen LogP contribution < -0.4 is 5.32 Å². The summed E-state index contributed by atoms with van der Waals surface area (Å²) in [6, 6.07) is 4.57. The number of ether oxygens (including phenoxy) is 1. The van der Waals surface area contributed by atoms with Gasteiger partial charge in [0.15, 0.2) is 0 Å². The first-order valence-corrected chi connectivity index (χ1v) is 8.33. The first-order chi connectivity index (χ1) is 10.1. The van der Waals surface area contributed by atoms with Crippen molar-refractivity contribution in [2.75, 3.05) is 19.8 Å². The lowest BCUT2D eigenvalue weighted by atomic mass is 10.2. The third-order valence-electron chi connectivity index (χ3n) is 3.16. The Morgan fingerprint density at radius 1 is 1.33 bits per heavy atom. The van der Waals surface area contributed by atoms with E-state index in [2.05, 4.69) is 28.2 Å². The van der Waals surface area contributed by atoms with Crippen LogP contribution in [0.4, 0.5) is 4.39 Å². The fourth-order valence-corrected chi connectivity index (χ4v) is 2.35. The quantitative estimate of drug-likeness (QED) is 0.591. The van der Waals surface area contributed by atoms with Crippen molar-refractivity contribution in [3.8, 4) is 0 Å². The minimum Gasteiger partial charge on any atom is -0.389 e. The van der Waals surface area contributed by atoms with Crippen molar-refractivity contribution in [1.29, 1.82) is 0 Å². The highest BCUT2D eigenvalue weighted by Gasteiger charge is 2.06. The van der Waals surface area contributed by atoms with E-state index in [0.29, 0.717) is 26.3 Å². The predicted molar refractivity (Wildman–Crippen MR) is 86.8 cm³/mol. The Bertz CT molecular complexity index is 404. The van der Waals surface area contributed by atoms with Crippen LogP contribution in [-0.4, -0.2) is 31.0 Å². The Hall–Kier alpha value is -0.490. The molecular formula is C16H25BrFNO2. The molecule has 0 fully saturated rings. The van der Waals surface area contributed by atoms with Crippen molar-refractivity contribution >= 4 is 15.9 Å². The largest absolute Gasteiger partial charge is 0.389 e. The molecule has 1 unspecified atom stereocenters. The van der Waals surface area contributed by atoms with Gasteiger partial charge in [-0.1, -0.05) is 42.1 Å². The molecule has 1 rings (SSSR count). The molecule has 0 saturated heterocycles. The lowest BCUT2D eigenvalue weighted by molar-refractivity contribution is 0.0353. The average Bonchev–Trinajstić information content (AvgIpc) is 2.46. The molecule has 0 aliphatic rings. The molecule has 1 aromatic rings. The number of aliphatic hydroxyl groups is 1. The summed E-state index contributed by atoms with van der Waals surface area (Å²) in [4.78, 5) is 0. The summed E-state index contributed by atoms with van der Waals surface area (Å²) in [5.74, 6) is -0.258. The number of halogens is 2. The highest BCUT2D eigenvalue weighted by atomic mass is 79.9. The average molecular weight is 362 g/mol. The molecule has 0 radical (unpaired) electrons. The minimum atomic E-state index is -0.538. The third-order valence-corrected chi connectivity index (χ3v) is 3.93. The molecule has 0 saturated carbocycles. The van der Waals surface area contributed by atoms with Gasteiger partial charge in [0.2, 0.25) is 0 Å². The van der Waals surface area contributed by atoms with Gasteiger partial charge in [0.1, 0.15) is 5.82 Å². The Labute approximate surface area is 135 Å². The SMILES string of the molecule is CCCCCCOCC(O)CNCc1cc(F)ccc1Br. The van der Waals surface area contributed by atoms with Crippen LogP contribution in [-0.2, 0) is 11.3 Å². The molecule has 2 N–H and O–H groups in total. The standard InChI is InChI=1S/C16H25BrFNO2/c1-2-3-4-5-8-21-12-15(20)11-19-10-13-9-14(18)6-7-16(13)17/h6-7,9,15,19-20H,2-5,8,10-12H2,1H3. The molecule has 0 spiro atoms. The van der Waals surface area contributed by atoms with E-state index in [1.54, 1.807) is 6.07 Å². The van der Waals surface area contributed by atoms with E-state index in [9.17, 15) is 9.50 Å². The van der Waals surface area contributed by atoms with Crippen molar-refractivity contribution in [2.24, 2.45) is 0 Å². The van der Waals surface area contributed by atoms with Gasteiger partial charge >= 0.3 is 0 Å². The summed E-state index contributed by atoms with van der Waals surface area (Å²) < 4.78 is 19.4. The first-order valence-electron chi connectivity index (χ1n) is 7.54. The molecule has 0 aliphatic carbocycles. The summed E-state index contributed by atoms with van der Waals surface area (Å²) in [7, 11) is 0. The molecule has 1 atom stereocenters. The smallest absolute Gasteiger partial charge is 0.123 e. The van der Waals surface area contributed by atoms with Crippen molar-refractivity contribution in [3.63, 3.8) is 0 Å². The Kier molecular flexibility index (Phi) is 9.83. The van der Waals surface area contributed by atoms with Gasteiger partial charge in [-0.15, -0.1) is 0 Å². The second-order valence-electron chi connectivity index (χ2n) is 5.16. The van der Waals surface area contributed by atoms with Crippen LogP contribution in [0.3, 0.4) is 0 Å². The van der Waals surface area contributed by atoms with E-state index in [0.717, 1.165) is 16.5 Å². The topological polar surface area (TPSA) is 41.5 Å². The minimum absolute atomic E-state index is 0.258. The lowest BCUT2D eigenvalue weighted by Gasteiger charge is -2.13. The number of unbranched alkanes of at least 4 members (excludes halogenated alkanes) is 3. The van der Waals surface area contributed by atoms with Crippen LogP contribution in [0.5, 0.6) is 0 Å². The van der Waals surface area contributed by atoms with E-state index >= 15 is 0 Å². The van der Waals surface area contributed by atoms with Crippen molar-refractivity contribution < 1.29 is 14.2 Å². The number of rotatable bonds is 11. The van der Waals surface area contributed by atoms with Crippen LogP contribution in [0.2, 0.25) is 0 Å². The maximum Gasteiger partial charge on any atom is 0.123 e. The van der Waals surface area contributed by atoms with Crippen molar-refractivity contribution in [3.05, 3.63) is 34.1 Å². The van der Waals surface area contributed by atoms with Gasteiger partial charge in [0.25, 0.3) is 0 Å². The second-order valence-corrected chi connectivity index (χ2v) is 6.01. The molecule has 3 nitrogen and oxygen atoms in total. The monoisotopic (exact) mass is 361 g/mol. The predicted octanol–water partition coefficient (Wildman–Crippen LogP) is 3.64. The zero-order valence-corrected chi connectivity index (χ0v) is 14.2. The number of benzene rings is 1. The molecule has 0 heterocycles. The van der Waals surface area contributed by atoms with Crippen LogP contribution >= 0.6 is 15.9 Å². The van der Waals surface area contributed by atoms with E-state index in [4.69, 9.17) is 4.74 Å². The molecule has 5 heteroatoms. The van der Waals surface area contributed by atoms with E-state index in [-0.39, 0.29) is 5.82 Å². The van der Waals surface area contributed by atoms with Gasteiger partial charge in [0.05, 0.1) is 12.7 Å². The Morgan fingerprint density at radius 3 is 2.90 bits per heavy atom.